The average molecular weight is 452 g/mol. The molecule has 8 heteroatoms. The highest BCUT2D eigenvalue weighted by molar-refractivity contribution is 7.80. The first-order chi connectivity index (χ1) is 14.9. The maximum absolute atomic E-state index is 13.5. The summed E-state index contributed by atoms with van der Waals surface area (Å²) in [6.45, 7) is 6.83. The van der Waals surface area contributed by atoms with Gasteiger partial charge in [-0.05, 0) is 17.9 Å². The number of benzene rings is 1. The van der Waals surface area contributed by atoms with Gasteiger partial charge in [0.2, 0.25) is 11.6 Å². The zero-order valence-corrected chi connectivity index (χ0v) is 19.8. The van der Waals surface area contributed by atoms with Crippen LogP contribution in [0.2, 0.25) is 0 Å². The monoisotopic (exact) mass is 451 g/mol. The van der Waals surface area contributed by atoms with Gasteiger partial charge in [0, 0.05) is 30.7 Å². The van der Waals surface area contributed by atoms with Crippen LogP contribution in [0.3, 0.4) is 0 Å². The van der Waals surface area contributed by atoms with E-state index in [0.29, 0.717) is 18.9 Å². The fraction of sp³-hybridized carbons (Fsp3) is 0.652. The number of unbranched alkanes of at least 4 members (excludes halogenated alkanes) is 2. The molecule has 0 aliphatic carbocycles. The number of thiol groups is 1. The molecule has 1 aliphatic rings. The fourth-order valence-electron chi connectivity index (χ4n) is 3.71. The van der Waals surface area contributed by atoms with Gasteiger partial charge < -0.3 is 10.5 Å². The summed E-state index contributed by atoms with van der Waals surface area (Å²) in [5, 5.41) is 4.46. The van der Waals surface area contributed by atoms with Crippen molar-refractivity contribution in [2.45, 2.75) is 64.1 Å². The molecule has 7 nitrogen and oxygen atoms in total. The normalized spacial score (nSPS) is 22.7. The zero-order chi connectivity index (χ0) is 22.9. The molecule has 3 N–H and O–H groups in total. The van der Waals surface area contributed by atoms with Crippen LogP contribution >= 0.6 is 12.6 Å². The third kappa shape index (κ3) is 6.44. The zero-order valence-electron chi connectivity index (χ0n) is 18.9. The van der Waals surface area contributed by atoms with Crippen LogP contribution in [0.4, 0.5) is 0 Å². The van der Waals surface area contributed by atoms with E-state index in [1.54, 1.807) is 0 Å². The van der Waals surface area contributed by atoms with Gasteiger partial charge in [0.15, 0.2) is 0 Å². The van der Waals surface area contributed by atoms with Crippen molar-refractivity contribution in [2.75, 3.05) is 25.5 Å². The summed E-state index contributed by atoms with van der Waals surface area (Å²) in [6.07, 6.45) is 3.01. The predicted molar refractivity (Wildman–Crippen MR) is 124 cm³/mol. The second-order valence-electron chi connectivity index (χ2n) is 8.33. The van der Waals surface area contributed by atoms with Gasteiger partial charge >= 0.3 is 5.97 Å². The second-order valence-corrected chi connectivity index (χ2v) is 8.70. The smallest absolute Gasteiger partial charge is 0.350 e. The van der Waals surface area contributed by atoms with Crippen LogP contribution in [0.15, 0.2) is 30.3 Å². The maximum atomic E-state index is 13.5. The Morgan fingerprint density at radius 1 is 1.39 bits per heavy atom. The molecule has 1 heterocycles. The van der Waals surface area contributed by atoms with Crippen molar-refractivity contribution < 1.29 is 19.2 Å². The molecule has 2 rings (SSSR count). The first-order valence-corrected chi connectivity index (χ1v) is 11.8. The number of hydrogen-bond donors (Lipinski definition) is 3. The standard InChI is InChI=1S/C23H37N3O4S/c1-4-5-9-12-30-26(21(27)13-17(2)19-10-7-6-8-11-19)23(25-14-20(24)16-31)18(3)15-29-22(23)28/h6-8,10-11,17-18,20,25,31H,4-5,9,12-16,24H2,1-3H3/t17-,18?,20?,23+/m0/s1. The first-order valence-electron chi connectivity index (χ1n) is 11.2. The summed E-state index contributed by atoms with van der Waals surface area (Å²) in [5.41, 5.74) is 5.69. The molecule has 1 amide bonds. The Kier molecular flexibility index (Phi) is 10.3. The van der Waals surface area contributed by atoms with Crippen LogP contribution < -0.4 is 11.1 Å². The minimum atomic E-state index is -1.40. The van der Waals surface area contributed by atoms with Crippen molar-refractivity contribution in [3.8, 4) is 0 Å². The van der Waals surface area contributed by atoms with Crippen LogP contribution in [0, 0.1) is 5.92 Å². The number of cyclic esters (lactones) is 1. The highest BCUT2D eigenvalue weighted by Crippen LogP contribution is 2.33. The number of nitrogens with zero attached hydrogens (tertiary/aromatic N) is 1. The van der Waals surface area contributed by atoms with E-state index in [2.05, 4.69) is 24.9 Å². The SMILES string of the molecule is CCCCCON(C(=O)C[C@H](C)c1ccccc1)[C@@]1(NCC(N)CS)C(=O)OCC1C. The fourth-order valence-corrected chi connectivity index (χ4v) is 3.84. The predicted octanol–water partition coefficient (Wildman–Crippen LogP) is 2.87. The average Bonchev–Trinajstić information content (AvgIpc) is 3.06. The molecular formula is C23H37N3O4S. The molecule has 2 unspecified atom stereocenters. The number of hydrogen-bond acceptors (Lipinski definition) is 7. The molecule has 0 saturated carbocycles. The van der Waals surface area contributed by atoms with Gasteiger partial charge in [0.25, 0.3) is 0 Å². The van der Waals surface area contributed by atoms with E-state index >= 15 is 0 Å². The van der Waals surface area contributed by atoms with Crippen LogP contribution in [-0.4, -0.2) is 54.2 Å². The molecule has 1 aromatic carbocycles. The van der Waals surface area contributed by atoms with Gasteiger partial charge in [-0.3, -0.25) is 14.9 Å². The van der Waals surface area contributed by atoms with Crippen molar-refractivity contribution in [3.63, 3.8) is 0 Å². The third-order valence-corrected chi connectivity index (χ3v) is 6.19. The van der Waals surface area contributed by atoms with Crippen LogP contribution in [0.25, 0.3) is 0 Å². The lowest BCUT2D eigenvalue weighted by Gasteiger charge is -2.40. The molecule has 4 atom stereocenters. The molecule has 0 aromatic heterocycles. The maximum Gasteiger partial charge on any atom is 0.350 e. The van der Waals surface area contributed by atoms with Crippen molar-refractivity contribution in [1.82, 2.24) is 10.4 Å². The molecular weight excluding hydrogens is 414 g/mol. The van der Waals surface area contributed by atoms with Gasteiger partial charge in [-0.25, -0.2) is 4.79 Å². The Labute approximate surface area is 191 Å². The molecule has 1 aromatic rings. The molecule has 1 saturated heterocycles. The lowest BCUT2D eigenvalue weighted by Crippen LogP contribution is -2.68. The van der Waals surface area contributed by atoms with E-state index in [-0.39, 0.29) is 36.8 Å². The van der Waals surface area contributed by atoms with E-state index in [1.807, 2.05) is 44.2 Å². The Balaban J connectivity index is 2.29. The number of carbonyl (C=O) groups excluding carboxylic acids is 2. The van der Waals surface area contributed by atoms with E-state index < -0.39 is 11.6 Å². The van der Waals surface area contributed by atoms with Gasteiger partial charge in [0.1, 0.15) is 0 Å². The molecule has 174 valence electrons. The van der Waals surface area contributed by atoms with Crippen molar-refractivity contribution in [2.24, 2.45) is 11.7 Å². The molecule has 0 bridgehead atoms. The molecule has 31 heavy (non-hydrogen) atoms. The van der Waals surface area contributed by atoms with E-state index in [1.165, 1.54) is 5.06 Å². The van der Waals surface area contributed by atoms with E-state index in [0.717, 1.165) is 24.8 Å². The van der Waals surface area contributed by atoms with Crippen molar-refractivity contribution in [1.29, 1.82) is 0 Å². The minimum absolute atomic E-state index is 0.0279. The first kappa shape index (κ1) is 25.6. The Morgan fingerprint density at radius 2 is 2.10 bits per heavy atom. The van der Waals surface area contributed by atoms with Crippen LogP contribution in [0.1, 0.15) is 57.9 Å². The number of ether oxygens (including phenoxy) is 1. The van der Waals surface area contributed by atoms with Crippen molar-refractivity contribution in [3.05, 3.63) is 35.9 Å². The topological polar surface area (TPSA) is 93.9 Å². The summed E-state index contributed by atoms with van der Waals surface area (Å²) in [7, 11) is 0. The van der Waals surface area contributed by atoms with Gasteiger partial charge in [-0.15, -0.1) is 0 Å². The van der Waals surface area contributed by atoms with E-state index in [9.17, 15) is 9.59 Å². The van der Waals surface area contributed by atoms with Gasteiger partial charge in [0.05, 0.1) is 13.2 Å². The number of nitrogens with one attached hydrogen (secondary N) is 1. The van der Waals surface area contributed by atoms with Crippen LogP contribution in [0.5, 0.6) is 0 Å². The summed E-state index contributed by atoms with van der Waals surface area (Å²) in [4.78, 5) is 32.5. The lowest BCUT2D eigenvalue weighted by atomic mass is 9.93. The molecule has 1 fully saturated rings. The van der Waals surface area contributed by atoms with Crippen molar-refractivity contribution >= 4 is 24.5 Å². The highest BCUT2D eigenvalue weighted by atomic mass is 32.1. The quantitative estimate of drug-likeness (QED) is 0.140. The number of carbonyl (C=O) groups is 2. The summed E-state index contributed by atoms with van der Waals surface area (Å²) in [5.74, 6) is -0.648. The number of esters is 1. The largest absolute Gasteiger partial charge is 0.462 e. The summed E-state index contributed by atoms with van der Waals surface area (Å²) in [6, 6.07) is 9.57. The number of hydroxylamine groups is 2. The second kappa shape index (κ2) is 12.4. The molecule has 1 aliphatic heterocycles. The summed E-state index contributed by atoms with van der Waals surface area (Å²) >= 11 is 4.23. The number of nitrogens with two attached hydrogens (primary N) is 1. The Bertz CT molecular complexity index is 705. The van der Waals surface area contributed by atoms with E-state index in [4.69, 9.17) is 15.3 Å². The highest BCUT2D eigenvalue weighted by Gasteiger charge is 2.57. The summed E-state index contributed by atoms with van der Waals surface area (Å²) < 4.78 is 5.36. The minimum Gasteiger partial charge on any atom is -0.462 e. The number of rotatable bonds is 13. The third-order valence-electron chi connectivity index (χ3n) is 5.72. The van der Waals surface area contributed by atoms with Crippen LogP contribution in [-0.2, 0) is 19.2 Å². The lowest BCUT2D eigenvalue weighted by molar-refractivity contribution is -0.235. The Morgan fingerprint density at radius 3 is 2.68 bits per heavy atom. The number of amides is 1. The Hall–Kier alpha value is -1.61. The van der Waals surface area contributed by atoms with Gasteiger partial charge in [-0.2, -0.15) is 17.7 Å². The van der Waals surface area contributed by atoms with Gasteiger partial charge in [-0.1, -0.05) is 63.9 Å². The molecule has 0 spiro atoms. The molecule has 0 radical (unpaired) electrons.